The second-order valence-corrected chi connectivity index (χ2v) is 5.61. The predicted molar refractivity (Wildman–Crippen MR) is 86.1 cm³/mol. The molecule has 0 saturated heterocycles. The van der Waals surface area contributed by atoms with Crippen LogP contribution in [0.1, 0.15) is 21.7 Å². The number of aromatic amines is 1. The molecule has 3 aromatic rings. The number of carbonyl (C=O) groups excluding carboxylic acids is 1. The minimum Gasteiger partial charge on any atom is -0.345 e. The van der Waals surface area contributed by atoms with Crippen LogP contribution < -0.4 is 5.32 Å². The first-order valence-corrected chi connectivity index (χ1v) is 7.41. The molecule has 0 unspecified atom stereocenters. The van der Waals surface area contributed by atoms with E-state index in [-0.39, 0.29) is 5.91 Å². The Morgan fingerprint density at radius 1 is 1.24 bits per heavy atom. The van der Waals surface area contributed by atoms with Crippen molar-refractivity contribution >= 4 is 32.9 Å². The maximum Gasteiger partial charge on any atom is 0.252 e. The van der Waals surface area contributed by atoms with Crippen LogP contribution >= 0.6 is 15.9 Å². The number of H-pyrrole nitrogens is 1. The van der Waals surface area contributed by atoms with Gasteiger partial charge in [0.05, 0.1) is 23.1 Å². The summed E-state index contributed by atoms with van der Waals surface area (Å²) in [5.74, 6) is 0.624. The summed E-state index contributed by atoms with van der Waals surface area (Å²) in [6.07, 6.45) is 0. The van der Waals surface area contributed by atoms with E-state index in [1.807, 2.05) is 43.3 Å². The molecule has 0 aliphatic heterocycles. The molecule has 21 heavy (non-hydrogen) atoms. The summed E-state index contributed by atoms with van der Waals surface area (Å²) in [7, 11) is 0. The lowest BCUT2D eigenvalue weighted by Crippen LogP contribution is -2.23. The summed E-state index contributed by atoms with van der Waals surface area (Å²) < 4.78 is 0.826. The van der Waals surface area contributed by atoms with Crippen LogP contribution in [0, 0.1) is 6.92 Å². The van der Waals surface area contributed by atoms with Gasteiger partial charge in [-0.1, -0.05) is 24.3 Å². The zero-order chi connectivity index (χ0) is 14.8. The molecule has 0 aliphatic rings. The number of para-hydroxylation sites is 2. The van der Waals surface area contributed by atoms with Gasteiger partial charge in [0.25, 0.3) is 5.91 Å². The number of amides is 1. The summed E-state index contributed by atoms with van der Waals surface area (Å²) in [5.41, 5.74) is 3.54. The van der Waals surface area contributed by atoms with Crippen molar-refractivity contribution in [3.63, 3.8) is 0 Å². The molecule has 2 N–H and O–H groups in total. The molecule has 1 amide bonds. The van der Waals surface area contributed by atoms with Gasteiger partial charge in [-0.2, -0.15) is 0 Å². The zero-order valence-electron chi connectivity index (χ0n) is 11.5. The maximum atomic E-state index is 12.2. The highest BCUT2D eigenvalue weighted by atomic mass is 79.9. The molecule has 0 aliphatic carbocycles. The molecule has 106 valence electrons. The van der Waals surface area contributed by atoms with Crippen molar-refractivity contribution in [2.75, 3.05) is 0 Å². The van der Waals surface area contributed by atoms with E-state index in [9.17, 15) is 4.79 Å². The van der Waals surface area contributed by atoms with Crippen molar-refractivity contribution in [3.8, 4) is 0 Å². The van der Waals surface area contributed by atoms with Gasteiger partial charge in [0.2, 0.25) is 0 Å². The molecule has 1 aromatic heterocycles. The van der Waals surface area contributed by atoms with E-state index < -0.39 is 0 Å². The Labute approximate surface area is 130 Å². The molecule has 0 saturated carbocycles. The normalized spacial score (nSPS) is 10.8. The fourth-order valence-corrected chi connectivity index (χ4v) is 2.62. The van der Waals surface area contributed by atoms with Crippen LogP contribution in [0.2, 0.25) is 0 Å². The molecule has 2 aromatic carbocycles. The smallest absolute Gasteiger partial charge is 0.252 e. The Morgan fingerprint density at radius 3 is 2.86 bits per heavy atom. The summed E-state index contributed by atoms with van der Waals surface area (Å²) in [6, 6.07) is 13.4. The largest absolute Gasteiger partial charge is 0.345 e. The Morgan fingerprint density at radius 2 is 2.05 bits per heavy atom. The summed E-state index contributed by atoms with van der Waals surface area (Å²) in [4.78, 5) is 19.9. The summed E-state index contributed by atoms with van der Waals surface area (Å²) in [6.45, 7) is 2.33. The topological polar surface area (TPSA) is 57.8 Å². The van der Waals surface area contributed by atoms with Crippen LogP contribution in [0.4, 0.5) is 0 Å². The van der Waals surface area contributed by atoms with Gasteiger partial charge in [0.1, 0.15) is 5.82 Å². The van der Waals surface area contributed by atoms with E-state index in [0.29, 0.717) is 12.1 Å². The maximum absolute atomic E-state index is 12.2. The highest BCUT2D eigenvalue weighted by molar-refractivity contribution is 9.10. The van der Waals surface area contributed by atoms with Gasteiger partial charge >= 0.3 is 0 Å². The van der Waals surface area contributed by atoms with Crippen LogP contribution in [-0.2, 0) is 6.54 Å². The van der Waals surface area contributed by atoms with Crippen LogP contribution in [0.5, 0.6) is 0 Å². The molecule has 3 rings (SSSR count). The van der Waals surface area contributed by atoms with E-state index in [0.717, 1.165) is 26.9 Å². The third kappa shape index (κ3) is 2.83. The molecular formula is C16H14BrN3O. The Balaban J connectivity index is 1.75. The number of fused-ring (bicyclic) bond motifs is 1. The second-order valence-electron chi connectivity index (χ2n) is 4.82. The number of rotatable bonds is 3. The Hall–Kier alpha value is -2.14. The van der Waals surface area contributed by atoms with Crippen molar-refractivity contribution < 1.29 is 4.79 Å². The van der Waals surface area contributed by atoms with Crippen LogP contribution in [0.25, 0.3) is 11.0 Å². The summed E-state index contributed by atoms with van der Waals surface area (Å²) in [5, 5.41) is 2.88. The molecule has 0 fully saturated rings. The number of aryl methyl sites for hydroxylation is 1. The first-order valence-electron chi connectivity index (χ1n) is 6.62. The minimum atomic E-state index is -0.119. The number of hydrogen-bond acceptors (Lipinski definition) is 2. The van der Waals surface area contributed by atoms with Crippen molar-refractivity contribution in [1.29, 1.82) is 0 Å². The Bertz CT molecular complexity index is 777. The Kier molecular flexibility index (Phi) is 3.75. The van der Waals surface area contributed by atoms with Gasteiger partial charge in [0, 0.05) is 4.47 Å². The number of halogens is 1. The van der Waals surface area contributed by atoms with E-state index in [1.165, 1.54) is 0 Å². The highest BCUT2D eigenvalue weighted by Gasteiger charge is 2.11. The second kappa shape index (κ2) is 5.69. The van der Waals surface area contributed by atoms with E-state index in [1.54, 1.807) is 6.07 Å². The van der Waals surface area contributed by atoms with E-state index in [4.69, 9.17) is 0 Å². The fourth-order valence-electron chi connectivity index (χ4n) is 2.17. The molecule has 4 nitrogen and oxygen atoms in total. The van der Waals surface area contributed by atoms with Gasteiger partial charge in [-0.3, -0.25) is 4.79 Å². The lowest BCUT2D eigenvalue weighted by molar-refractivity contribution is 0.0949. The number of carbonyl (C=O) groups is 1. The predicted octanol–water partition coefficient (Wildman–Crippen LogP) is 3.56. The van der Waals surface area contributed by atoms with Crippen molar-refractivity contribution in [3.05, 3.63) is 63.9 Å². The quantitative estimate of drug-likeness (QED) is 0.763. The van der Waals surface area contributed by atoms with Gasteiger partial charge in [0.15, 0.2) is 0 Å². The third-order valence-corrected chi connectivity index (χ3v) is 4.34. The van der Waals surface area contributed by atoms with Crippen molar-refractivity contribution in [1.82, 2.24) is 15.3 Å². The molecule has 0 radical (unpaired) electrons. The number of hydrogen-bond donors (Lipinski definition) is 2. The number of nitrogens with one attached hydrogen (secondary N) is 2. The van der Waals surface area contributed by atoms with Crippen molar-refractivity contribution in [2.24, 2.45) is 0 Å². The molecular weight excluding hydrogens is 330 g/mol. The average Bonchev–Trinajstić information content (AvgIpc) is 2.90. The first-order chi connectivity index (χ1) is 10.1. The minimum absolute atomic E-state index is 0.119. The zero-order valence-corrected chi connectivity index (χ0v) is 13.1. The molecule has 1 heterocycles. The van der Waals surface area contributed by atoms with Crippen LogP contribution in [-0.4, -0.2) is 15.9 Å². The van der Waals surface area contributed by atoms with Gasteiger partial charge in [-0.15, -0.1) is 0 Å². The monoisotopic (exact) mass is 343 g/mol. The number of benzene rings is 2. The van der Waals surface area contributed by atoms with Gasteiger partial charge in [-0.05, 0) is 46.6 Å². The lowest BCUT2D eigenvalue weighted by Gasteiger charge is -2.07. The number of aromatic nitrogens is 2. The van der Waals surface area contributed by atoms with E-state index in [2.05, 4.69) is 31.2 Å². The lowest BCUT2D eigenvalue weighted by atomic mass is 10.1. The first kappa shape index (κ1) is 13.8. The standard InChI is InChI=1S/C16H14BrN3O/c1-10-5-4-6-11(15(10)17)16(21)18-9-14-19-12-7-2-3-8-13(12)20-14/h2-8H,9H2,1H3,(H,18,21)(H,19,20). The third-order valence-electron chi connectivity index (χ3n) is 3.29. The SMILES string of the molecule is Cc1cccc(C(=O)NCc2nc3ccccc3[nH]2)c1Br. The summed E-state index contributed by atoms with van der Waals surface area (Å²) >= 11 is 3.45. The van der Waals surface area contributed by atoms with Crippen molar-refractivity contribution in [2.45, 2.75) is 13.5 Å². The highest BCUT2D eigenvalue weighted by Crippen LogP contribution is 2.21. The van der Waals surface area contributed by atoms with Gasteiger partial charge in [-0.25, -0.2) is 4.98 Å². The van der Waals surface area contributed by atoms with Crippen LogP contribution in [0.3, 0.4) is 0 Å². The molecule has 0 bridgehead atoms. The molecule has 0 atom stereocenters. The molecule has 0 spiro atoms. The fraction of sp³-hybridized carbons (Fsp3) is 0.125. The van der Waals surface area contributed by atoms with Crippen LogP contribution in [0.15, 0.2) is 46.9 Å². The van der Waals surface area contributed by atoms with Gasteiger partial charge < -0.3 is 10.3 Å². The average molecular weight is 344 g/mol. The molecule has 5 heteroatoms. The number of imidazole rings is 1. The van der Waals surface area contributed by atoms with E-state index >= 15 is 0 Å². The number of nitrogens with zero attached hydrogens (tertiary/aromatic N) is 1.